The molecule has 0 radical (unpaired) electrons. The third kappa shape index (κ3) is 4.82. The van der Waals surface area contributed by atoms with E-state index in [1.165, 1.54) is 0 Å². The molecule has 1 atom stereocenters. The first-order valence-corrected chi connectivity index (χ1v) is 12.2. The van der Waals surface area contributed by atoms with Crippen LogP contribution in [0.15, 0.2) is 48.5 Å². The molecule has 3 amide bonds. The van der Waals surface area contributed by atoms with Gasteiger partial charge in [-0.25, -0.2) is 0 Å². The van der Waals surface area contributed by atoms with E-state index in [-0.39, 0.29) is 23.8 Å². The van der Waals surface area contributed by atoms with Gasteiger partial charge in [0, 0.05) is 56.5 Å². The smallest absolute Gasteiger partial charge is 0.246 e. The standard InChI is InChI=1S/C27H29N5O4/c1-31-26-20(25(30-31)21-10-11-23(33)29-27(21)35)3-2-4-22(26)36-19-13-15-32(16-14-19)24(34)12-7-17-5-8-18(28)9-6-17/h2-9,12,19,21H,10-11,13-16,28H2,1H3,(H,29,33,35)/b12-7+. The van der Waals surface area contributed by atoms with Crippen molar-refractivity contribution in [3.8, 4) is 5.75 Å². The molecule has 2 aromatic carbocycles. The minimum Gasteiger partial charge on any atom is -0.488 e. The molecule has 3 heterocycles. The highest BCUT2D eigenvalue weighted by atomic mass is 16.5. The highest BCUT2D eigenvalue weighted by Crippen LogP contribution is 2.35. The van der Waals surface area contributed by atoms with E-state index in [4.69, 9.17) is 10.5 Å². The molecule has 3 aromatic rings. The Bertz CT molecular complexity index is 1340. The zero-order chi connectivity index (χ0) is 25.2. The first-order valence-electron chi connectivity index (χ1n) is 12.2. The fraction of sp³-hybridized carbons (Fsp3) is 0.333. The van der Waals surface area contributed by atoms with Crippen LogP contribution in [0.2, 0.25) is 0 Å². The summed E-state index contributed by atoms with van der Waals surface area (Å²) in [5.41, 5.74) is 8.81. The van der Waals surface area contributed by atoms with Crippen LogP contribution in [0.4, 0.5) is 5.69 Å². The number of nitrogens with two attached hydrogens (primary N) is 1. The van der Waals surface area contributed by atoms with Crippen molar-refractivity contribution in [3.05, 3.63) is 59.8 Å². The normalized spacial score (nSPS) is 19.1. The molecule has 0 aliphatic carbocycles. The lowest BCUT2D eigenvalue weighted by atomic mass is 9.93. The number of nitrogens with one attached hydrogen (secondary N) is 1. The lowest BCUT2D eigenvalue weighted by Gasteiger charge is -2.31. The number of anilines is 1. The zero-order valence-corrected chi connectivity index (χ0v) is 20.1. The summed E-state index contributed by atoms with van der Waals surface area (Å²) in [6, 6.07) is 13.1. The minimum absolute atomic E-state index is 0.0205. The number of benzene rings is 2. The number of likely N-dealkylation sites (tertiary alicyclic amines) is 1. The van der Waals surface area contributed by atoms with Gasteiger partial charge in [-0.15, -0.1) is 0 Å². The second-order valence-electron chi connectivity index (χ2n) is 9.31. The number of nitrogens with zero attached hydrogens (tertiary/aromatic N) is 3. The summed E-state index contributed by atoms with van der Waals surface area (Å²) in [6.07, 6.45) is 5.55. The topological polar surface area (TPSA) is 120 Å². The SMILES string of the molecule is Cn1nc(C2CCC(=O)NC2=O)c2cccc(OC3CCN(C(=O)/C=C/c4ccc(N)cc4)CC3)c21. The van der Waals surface area contributed by atoms with Crippen molar-refractivity contribution in [2.45, 2.75) is 37.7 Å². The van der Waals surface area contributed by atoms with Crippen LogP contribution in [0.1, 0.15) is 42.9 Å². The molecule has 2 aliphatic heterocycles. The monoisotopic (exact) mass is 487 g/mol. The number of imide groups is 1. The highest BCUT2D eigenvalue weighted by Gasteiger charge is 2.32. The second-order valence-corrected chi connectivity index (χ2v) is 9.31. The molecule has 0 bridgehead atoms. The van der Waals surface area contributed by atoms with Crippen LogP contribution in [0.3, 0.4) is 0 Å². The number of aryl methyl sites for hydroxylation is 1. The molecule has 5 rings (SSSR count). The summed E-state index contributed by atoms with van der Waals surface area (Å²) in [5.74, 6) is -0.328. The molecule has 2 fully saturated rings. The third-order valence-corrected chi connectivity index (χ3v) is 6.83. The Balaban J connectivity index is 1.24. The number of rotatable bonds is 5. The number of ether oxygens (including phenoxy) is 1. The van der Waals surface area contributed by atoms with Crippen LogP contribution < -0.4 is 15.8 Å². The van der Waals surface area contributed by atoms with E-state index in [1.807, 2.05) is 54.4 Å². The van der Waals surface area contributed by atoms with Crippen LogP contribution in [-0.2, 0) is 21.4 Å². The predicted octanol–water partition coefficient (Wildman–Crippen LogP) is 2.76. The van der Waals surface area contributed by atoms with E-state index in [1.54, 1.807) is 16.8 Å². The number of amides is 3. The number of carbonyl (C=O) groups is 3. The molecule has 0 spiro atoms. The lowest BCUT2D eigenvalue weighted by molar-refractivity contribution is -0.134. The second kappa shape index (κ2) is 9.85. The molecule has 9 nitrogen and oxygen atoms in total. The van der Waals surface area contributed by atoms with Gasteiger partial charge < -0.3 is 15.4 Å². The summed E-state index contributed by atoms with van der Waals surface area (Å²) < 4.78 is 8.12. The number of carbonyl (C=O) groups excluding carboxylic acids is 3. The van der Waals surface area contributed by atoms with Crippen LogP contribution in [-0.4, -0.2) is 51.6 Å². The van der Waals surface area contributed by atoms with E-state index in [2.05, 4.69) is 10.4 Å². The summed E-state index contributed by atoms with van der Waals surface area (Å²) >= 11 is 0. The van der Waals surface area contributed by atoms with Crippen molar-refractivity contribution >= 4 is 40.4 Å². The molecule has 186 valence electrons. The Hall–Kier alpha value is -4.14. The lowest BCUT2D eigenvalue weighted by Crippen LogP contribution is -2.41. The van der Waals surface area contributed by atoms with Gasteiger partial charge in [0.1, 0.15) is 17.4 Å². The first-order chi connectivity index (χ1) is 17.4. The van der Waals surface area contributed by atoms with Gasteiger partial charge in [0.2, 0.25) is 17.7 Å². The molecule has 1 aromatic heterocycles. The van der Waals surface area contributed by atoms with Crippen LogP contribution in [0.25, 0.3) is 17.0 Å². The number of hydrogen-bond donors (Lipinski definition) is 2. The largest absolute Gasteiger partial charge is 0.488 e. The van der Waals surface area contributed by atoms with E-state index in [9.17, 15) is 14.4 Å². The molecule has 0 saturated carbocycles. The van der Waals surface area contributed by atoms with Crippen molar-refractivity contribution in [2.24, 2.45) is 7.05 Å². The van der Waals surface area contributed by atoms with Gasteiger partial charge in [-0.3, -0.25) is 24.4 Å². The van der Waals surface area contributed by atoms with Gasteiger partial charge in [0.25, 0.3) is 0 Å². The maximum Gasteiger partial charge on any atom is 0.246 e. The Morgan fingerprint density at radius 1 is 1.11 bits per heavy atom. The molecule has 2 saturated heterocycles. The highest BCUT2D eigenvalue weighted by molar-refractivity contribution is 6.03. The van der Waals surface area contributed by atoms with Gasteiger partial charge in [0.05, 0.1) is 11.6 Å². The molecule has 2 aliphatic rings. The minimum atomic E-state index is -0.461. The predicted molar refractivity (Wildman–Crippen MR) is 136 cm³/mol. The molecule has 36 heavy (non-hydrogen) atoms. The molecule has 3 N–H and O–H groups in total. The molecular weight excluding hydrogens is 458 g/mol. The van der Waals surface area contributed by atoms with Gasteiger partial charge in [-0.1, -0.05) is 24.3 Å². The fourth-order valence-electron chi connectivity index (χ4n) is 4.89. The number of aromatic nitrogens is 2. The Morgan fingerprint density at radius 3 is 2.58 bits per heavy atom. The van der Waals surface area contributed by atoms with Crippen molar-refractivity contribution in [2.75, 3.05) is 18.8 Å². The Morgan fingerprint density at radius 2 is 1.86 bits per heavy atom. The molecule has 1 unspecified atom stereocenters. The van der Waals surface area contributed by atoms with E-state index >= 15 is 0 Å². The summed E-state index contributed by atoms with van der Waals surface area (Å²) in [5, 5.41) is 7.89. The van der Waals surface area contributed by atoms with Gasteiger partial charge in [-0.2, -0.15) is 5.10 Å². The Labute approximate surface area is 208 Å². The third-order valence-electron chi connectivity index (χ3n) is 6.83. The van der Waals surface area contributed by atoms with Crippen LogP contribution >= 0.6 is 0 Å². The number of para-hydroxylation sites is 1. The summed E-state index contributed by atoms with van der Waals surface area (Å²) in [6.45, 7) is 1.22. The van der Waals surface area contributed by atoms with Gasteiger partial charge >= 0.3 is 0 Å². The maximum atomic E-state index is 12.6. The number of nitrogen functional groups attached to an aromatic ring is 1. The maximum absolute atomic E-state index is 12.6. The van der Waals surface area contributed by atoms with Crippen LogP contribution in [0, 0.1) is 0 Å². The summed E-state index contributed by atoms with van der Waals surface area (Å²) in [4.78, 5) is 38.5. The number of fused-ring (bicyclic) bond motifs is 1. The van der Waals surface area contributed by atoms with Crippen molar-refractivity contribution in [1.82, 2.24) is 20.0 Å². The van der Waals surface area contributed by atoms with Gasteiger partial charge in [-0.05, 0) is 36.3 Å². The zero-order valence-electron chi connectivity index (χ0n) is 20.1. The number of piperidine rings is 2. The first kappa shape index (κ1) is 23.6. The van der Waals surface area contributed by atoms with E-state index < -0.39 is 5.92 Å². The average Bonchev–Trinajstić information content (AvgIpc) is 3.21. The van der Waals surface area contributed by atoms with Crippen molar-refractivity contribution in [1.29, 1.82) is 0 Å². The summed E-state index contributed by atoms with van der Waals surface area (Å²) in [7, 11) is 1.83. The average molecular weight is 488 g/mol. The van der Waals surface area contributed by atoms with Gasteiger partial charge in [0.15, 0.2) is 0 Å². The molecular formula is C27H29N5O4. The Kier molecular flexibility index (Phi) is 6.45. The van der Waals surface area contributed by atoms with Crippen molar-refractivity contribution < 1.29 is 19.1 Å². The quantitative estimate of drug-likeness (QED) is 0.324. The van der Waals surface area contributed by atoms with Crippen molar-refractivity contribution in [3.63, 3.8) is 0 Å². The van der Waals surface area contributed by atoms with E-state index in [0.717, 1.165) is 29.3 Å². The number of hydrogen-bond acceptors (Lipinski definition) is 6. The fourth-order valence-corrected chi connectivity index (χ4v) is 4.89. The van der Waals surface area contributed by atoms with E-state index in [0.29, 0.717) is 43.1 Å². The molecule has 9 heteroatoms. The van der Waals surface area contributed by atoms with Crippen LogP contribution in [0.5, 0.6) is 5.75 Å².